The molecule has 150 valence electrons. The van der Waals surface area contributed by atoms with Crippen LogP contribution >= 0.6 is 0 Å². The van der Waals surface area contributed by atoms with E-state index in [-0.39, 0.29) is 22.9 Å². The summed E-state index contributed by atoms with van der Waals surface area (Å²) in [6.45, 7) is 5.19. The first-order chi connectivity index (χ1) is 12.9. The number of piperidine rings is 1. The van der Waals surface area contributed by atoms with Crippen LogP contribution in [0.5, 0.6) is 0 Å². The summed E-state index contributed by atoms with van der Waals surface area (Å²) >= 11 is 0. The van der Waals surface area contributed by atoms with Gasteiger partial charge in [0.25, 0.3) is 5.91 Å². The van der Waals surface area contributed by atoms with Gasteiger partial charge in [-0.1, -0.05) is 31.7 Å². The molecule has 1 unspecified atom stereocenters. The zero-order chi connectivity index (χ0) is 19.4. The largest absolute Gasteiger partial charge is 0.336 e. The molecule has 1 saturated carbocycles. The molecule has 1 aliphatic heterocycles. The average Bonchev–Trinajstić information content (AvgIpc) is 2.69. The van der Waals surface area contributed by atoms with Crippen LogP contribution in [0.15, 0.2) is 29.2 Å². The van der Waals surface area contributed by atoms with Crippen LogP contribution in [0.2, 0.25) is 0 Å². The third-order valence-electron chi connectivity index (χ3n) is 6.05. The Kier molecular flexibility index (Phi) is 6.58. The van der Waals surface area contributed by atoms with Crippen LogP contribution in [0, 0.1) is 0 Å². The molecule has 0 bridgehead atoms. The fraction of sp³-hybridized carbons (Fsp3) is 0.667. The van der Waals surface area contributed by atoms with E-state index in [0.717, 1.165) is 44.9 Å². The second-order valence-electron chi connectivity index (χ2n) is 7.87. The van der Waals surface area contributed by atoms with Crippen LogP contribution in [0.1, 0.15) is 75.6 Å². The molecule has 0 spiro atoms. The zero-order valence-electron chi connectivity index (χ0n) is 16.6. The van der Waals surface area contributed by atoms with Crippen molar-refractivity contribution in [3.05, 3.63) is 29.8 Å². The summed E-state index contributed by atoms with van der Waals surface area (Å²) in [7, 11) is -3.56. The van der Waals surface area contributed by atoms with E-state index >= 15 is 0 Å². The summed E-state index contributed by atoms with van der Waals surface area (Å²) in [6.07, 6.45) is 8.51. The zero-order valence-corrected chi connectivity index (χ0v) is 17.4. The normalized spacial score (nSPS) is 22.5. The highest BCUT2D eigenvalue weighted by molar-refractivity contribution is 7.89. The number of sulfonamides is 1. The minimum Gasteiger partial charge on any atom is -0.336 e. The number of nitrogens with zero attached hydrogens (tertiary/aromatic N) is 2. The van der Waals surface area contributed by atoms with E-state index in [4.69, 9.17) is 0 Å². The molecule has 2 fully saturated rings. The van der Waals surface area contributed by atoms with E-state index in [0.29, 0.717) is 18.7 Å². The second-order valence-corrected chi connectivity index (χ2v) is 9.76. The summed E-state index contributed by atoms with van der Waals surface area (Å²) < 4.78 is 27.8. The molecule has 1 heterocycles. The van der Waals surface area contributed by atoms with Crippen LogP contribution in [0.3, 0.4) is 0 Å². The fourth-order valence-electron chi connectivity index (χ4n) is 4.48. The molecule has 0 aromatic heterocycles. The maximum Gasteiger partial charge on any atom is 0.254 e. The number of carbonyl (C=O) groups excluding carboxylic acids is 1. The van der Waals surface area contributed by atoms with Crippen molar-refractivity contribution in [2.75, 3.05) is 13.1 Å². The van der Waals surface area contributed by atoms with Gasteiger partial charge in [0.15, 0.2) is 0 Å². The van der Waals surface area contributed by atoms with Gasteiger partial charge >= 0.3 is 0 Å². The van der Waals surface area contributed by atoms with E-state index in [2.05, 4.69) is 0 Å². The number of rotatable bonds is 5. The lowest BCUT2D eigenvalue weighted by Gasteiger charge is -2.34. The summed E-state index contributed by atoms with van der Waals surface area (Å²) in [6, 6.07) is 6.92. The Morgan fingerprint density at radius 3 is 2.48 bits per heavy atom. The molecule has 0 N–H and O–H groups in total. The molecule has 6 heteroatoms. The van der Waals surface area contributed by atoms with Crippen molar-refractivity contribution in [2.45, 2.75) is 82.2 Å². The number of benzene rings is 1. The van der Waals surface area contributed by atoms with Gasteiger partial charge in [-0.25, -0.2) is 8.42 Å². The van der Waals surface area contributed by atoms with Crippen molar-refractivity contribution in [1.82, 2.24) is 9.21 Å². The molecule has 1 aromatic rings. The second kappa shape index (κ2) is 8.74. The van der Waals surface area contributed by atoms with E-state index < -0.39 is 10.0 Å². The lowest BCUT2D eigenvalue weighted by Crippen LogP contribution is -2.42. The van der Waals surface area contributed by atoms with Crippen LogP contribution in [0.25, 0.3) is 0 Å². The van der Waals surface area contributed by atoms with Crippen LogP contribution in [0.4, 0.5) is 0 Å². The number of carbonyl (C=O) groups is 1. The van der Waals surface area contributed by atoms with Gasteiger partial charge in [-0.15, -0.1) is 0 Å². The third-order valence-corrected chi connectivity index (χ3v) is 8.06. The highest BCUT2D eigenvalue weighted by Gasteiger charge is 2.32. The maximum absolute atomic E-state index is 13.1. The van der Waals surface area contributed by atoms with Gasteiger partial charge in [0.2, 0.25) is 10.0 Å². The predicted molar refractivity (Wildman–Crippen MR) is 107 cm³/mol. The molecule has 0 radical (unpaired) electrons. The highest BCUT2D eigenvalue weighted by Crippen LogP contribution is 2.27. The van der Waals surface area contributed by atoms with Crippen molar-refractivity contribution >= 4 is 15.9 Å². The van der Waals surface area contributed by atoms with Gasteiger partial charge in [-0.2, -0.15) is 4.31 Å². The first kappa shape index (κ1) is 20.3. The Balaban J connectivity index is 1.84. The van der Waals surface area contributed by atoms with E-state index in [1.54, 1.807) is 28.6 Å². The van der Waals surface area contributed by atoms with Gasteiger partial charge < -0.3 is 4.90 Å². The topological polar surface area (TPSA) is 57.7 Å². The molecular formula is C21H32N2O3S. The van der Waals surface area contributed by atoms with Gasteiger partial charge in [0.1, 0.15) is 0 Å². The van der Waals surface area contributed by atoms with Gasteiger partial charge in [0.05, 0.1) is 4.90 Å². The predicted octanol–water partition coefficient (Wildman–Crippen LogP) is 4.04. The maximum atomic E-state index is 13.1. The molecule has 1 aliphatic carbocycles. The molecule has 27 heavy (non-hydrogen) atoms. The molecule has 1 atom stereocenters. The van der Waals surface area contributed by atoms with Crippen molar-refractivity contribution < 1.29 is 13.2 Å². The van der Waals surface area contributed by atoms with Crippen molar-refractivity contribution in [3.8, 4) is 0 Å². The van der Waals surface area contributed by atoms with Crippen molar-refractivity contribution in [2.24, 2.45) is 0 Å². The standard InChI is InChI=1S/C21H32N2O3S/c1-3-22(19-12-5-4-6-13-19)21(24)18-11-9-14-20(16-18)27(25,26)23-15-8-7-10-17(23)2/h9,11,14,16-17,19H,3-8,10,12-13,15H2,1-2H3. The fourth-order valence-corrected chi connectivity index (χ4v) is 6.23. The minimum absolute atomic E-state index is 0.0116. The molecule has 1 aromatic carbocycles. The lowest BCUT2D eigenvalue weighted by molar-refractivity contribution is 0.0647. The van der Waals surface area contributed by atoms with Crippen LogP contribution < -0.4 is 0 Å². The van der Waals surface area contributed by atoms with Gasteiger partial charge in [-0.3, -0.25) is 4.79 Å². The lowest BCUT2D eigenvalue weighted by atomic mass is 9.93. The quantitative estimate of drug-likeness (QED) is 0.760. The molecular weight excluding hydrogens is 360 g/mol. The monoisotopic (exact) mass is 392 g/mol. The Hall–Kier alpha value is -1.40. The smallest absolute Gasteiger partial charge is 0.254 e. The Morgan fingerprint density at radius 1 is 1.11 bits per heavy atom. The van der Waals surface area contributed by atoms with Crippen LogP contribution in [-0.4, -0.2) is 48.7 Å². The van der Waals surface area contributed by atoms with Crippen LogP contribution in [-0.2, 0) is 10.0 Å². The number of hydrogen-bond acceptors (Lipinski definition) is 3. The molecule has 5 nitrogen and oxygen atoms in total. The Morgan fingerprint density at radius 2 is 1.81 bits per heavy atom. The SMILES string of the molecule is CCN(C(=O)c1cccc(S(=O)(=O)N2CCCCC2C)c1)C1CCCCC1. The van der Waals surface area contributed by atoms with Gasteiger partial charge in [0, 0.05) is 30.7 Å². The van der Waals surface area contributed by atoms with E-state index in [1.807, 2.05) is 18.7 Å². The van der Waals surface area contributed by atoms with E-state index in [1.165, 1.54) is 6.42 Å². The first-order valence-electron chi connectivity index (χ1n) is 10.4. The highest BCUT2D eigenvalue weighted by atomic mass is 32.2. The van der Waals surface area contributed by atoms with E-state index in [9.17, 15) is 13.2 Å². The molecule has 1 amide bonds. The number of hydrogen-bond donors (Lipinski definition) is 0. The summed E-state index contributed by atoms with van der Waals surface area (Å²) in [5.74, 6) is -0.0480. The first-order valence-corrected chi connectivity index (χ1v) is 11.8. The van der Waals surface area contributed by atoms with Crippen molar-refractivity contribution in [3.63, 3.8) is 0 Å². The minimum atomic E-state index is -3.56. The summed E-state index contributed by atoms with van der Waals surface area (Å²) in [4.78, 5) is 15.3. The third kappa shape index (κ3) is 4.37. The molecule has 2 aliphatic rings. The van der Waals surface area contributed by atoms with Gasteiger partial charge in [-0.05, 0) is 57.7 Å². The Labute approximate surface area is 163 Å². The van der Waals surface area contributed by atoms with Crippen molar-refractivity contribution in [1.29, 1.82) is 0 Å². The average molecular weight is 393 g/mol. The Bertz CT molecular complexity index is 756. The number of amides is 1. The molecule has 3 rings (SSSR count). The summed E-state index contributed by atoms with van der Waals surface area (Å²) in [5, 5.41) is 0. The molecule has 1 saturated heterocycles. The summed E-state index contributed by atoms with van der Waals surface area (Å²) in [5.41, 5.74) is 0.480.